The highest BCUT2D eigenvalue weighted by Crippen LogP contribution is 2.65. The molecule has 2 aliphatic rings. The molecule has 0 radical (unpaired) electrons. The zero-order valence-electron chi connectivity index (χ0n) is 11.1. The number of Topliss-reactive ketones (excluding diaryl/α,β-unsaturated/α-hetero) is 1. The fourth-order valence-corrected chi connectivity index (χ4v) is 3.53. The summed E-state index contributed by atoms with van der Waals surface area (Å²) in [6, 6.07) is 0. The van der Waals surface area contributed by atoms with E-state index < -0.39 is 0 Å². The molecule has 0 aliphatic heterocycles. The van der Waals surface area contributed by atoms with Gasteiger partial charge in [0.1, 0.15) is 0 Å². The maximum Gasteiger partial charge on any atom is 0.159 e. The van der Waals surface area contributed by atoms with Gasteiger partial charge in [-0.05, 0) is 42.6 Å². The van der Waals surface area contributed by atoms with Crippen LogP contribution in [0.5, 0.6) is 0 Å². The van der Waals surface area contributed by atoms with Gasteiger partial charge in [-0.3, -0.25) is 4.79 Å². The SMILES string of the molecule is CCCC[C@H]1[C@H](C2=C(C)CCC2=O)C1(C)C. The summed E-state index contributed by atoms with van der Waals surface area (Å²) in [5.41, 5.74) is 2.97. The molecule has 1 fully saturated rings. The van der Waals surface area contributed by atoms with E-state index in [1.54, 1.807) is 0 Å². The van der Waals surface area contributed by atoms with Crippen molar-refractivity contribution in [3.8, 4) is 0 Å². The van der Waals surface area contributed by atoms with Crippen molar-refractivity contribution in [2.24, 2.45) is 17.3 Å². The minimum atomic E-state index is 0.381. The molecule has 0 saturated heterocycles. The minimum Gasteiger partial charge on any atom is -0.295 e. The van der Waals surface area contributed by atoms with Crippen LogP contribution in [-0.2, 0) is 4.79 Å². The lowest BCUT2D eigenvalue weighted by molar-refractivity contribution is -0.115. The molecule has 2 aliphatic carbocycles. The van der Waals surface area contributed by atoms with Gasteiger partial charge in [0.2, 0.25) is 0 Å². The molecule has 1 heteroatoms. The van der Waals surface area contributed by atoms with E-state index in [1.807, 2.05) is 0 Å². The second kappa shape index (κ2) is 4.01. The molecule has 90 valence electrons. The lowest BCUT2D eigenvalue weighted by atomic mass is 10.00. The first kappa shape index (κ1) is 11.9. The standard InChI is InChI=1S/C15H24O/c1-5-6-7-11-14(15(11,3)4)13-10(2)8-9-12(13)16/h11,14H,5-9H2,1-4H3/t11-,14+/m0/s1. The molecular formula is C15H24O. The Balaban J connectivity index is 2.12. The second-order valence-corrected chi connectivity index (χ2v) is 6.16. The number of allylic oxidation sites excluding steroid dienone is 2. The molecule has 0 spiro atoms. The fourth-order valence-electron chi connectivity index (χ4n) is 3.53. The number of rotatable bonds is 4. The lowest BCUT2D eigenvalue weighted by Gasteiger charge is -2.04. The van der Waals surface area contributed by atoms with Gasteiger partial charge in [-0.2, -0.15) is 0 Å². The zero-order chi connectivity index (χ0) is 11.9. The van der Waals surface area contributed by atoms with Crippen LogP contribution >= 0.6 is 0 Å². The van der Waals surface area contributed by atoms with Gasteiger partial charge in [0, 0.05) is 6.42 Å². The number of unbranched alkanes of at least 4 members (excludes halogenated alkanes) is 1. The van der Waals surface area contributed by atoms with Crippen molar-refractivity contribution in [2.75, 3.05) is 0 Å². The van der Waals surface area contributed by atoms with E-state index in [-0.39, 0.29) is 0 Å². The Morgan fingerprint density at radius 1 is 1.31 bits per heavy atom. The Kier molecular flexibility index (Phi) is 2.98. The van der Waals surface area contributed by atoms with Crippen LogP contribution in [0, 0.1) is 17.3 Å². The topological polar surface area (TPSA) is 17.1 Å². The van der Waals surface area contributed by atoms with Gasteiger partial charge in [0.15, 0.2) is 5.78 Å². The Morgan fingerprint density at radius 2 is 2.00 bits per heavy atom. The molecule has 0 aromatic carbocycles. The molecule has 0 bridgehead atoms. The first-order valence-corrected chi connectivity index (χ1v) is 6.73. The summed E-state index contributed by atoms with van der Waals surface area (Å²) in [4.78, 5) is 11.9. The fraction of sp³-hybridized carbons (Fsp3) is 0.800. The van der Waals surface area contributed by atoms with Crippen LogP contribution < -0.4 is 0 Å². The van der Waals surface area contributed by atoms with Crippen LogP contribution in [0.25, 0.3) is 0 Å². The molecular weight excluding hydrogens is 196 g/mol. The molecule has 0 aromatic rings. The van der Waals surface area contributed by atoms with Crippen LogP contribution in [0.1, 0.15) is 59.8 Å². The van der Waals surface area contributed by atoms with Gasteiger partial charge in [-0.1, -0.05) is 39.2 Å². The zero-order valence-corrected chi connectivity index (χ0v) is 11.1. The number of ketones is 1. The molecule has 1 saturated carbocycles. The number of carbonyl (C=O) groups excluding carboxylic acids is 1. The first-order valence-electron chi connectivity index (χ1n) is 6.73. The third-order valence-corrected chi connectivity index (χ3v) is 4.72. The van der Waals surface area contributed by atoms with E-state index in [2.05, 4.69) is 27.7 Å². The average molecular weight is 220 g/mol. The van der Waals surface area contributed by atoms with Gasteiger partial charge in [-0.25, -0.2) is 0 Å². The monoisotopic (exact) mass is 220 g/mol. The van der Waals surface area contributed by atoms with Crippen molar-refractivity contribution >= 4 is 5.78 Å². The average Bonchev–Trinajstić information content (AvgIpc) is 2.57. The summed E-state index contributed by atoms with van der Waals surface area (Å²) in [5, 5.41) is 0. The van der Waals surface area contributed by atoms with E-state index in [1.165, 1.54) is 30.4 Å². The van der Waals surface area contributed by atoms with Gasteiger partial charge < -0.3 is 0 Å². The number of hydrogen-bond acceptors (Lipinski definition) is 1. The molecule has 2 atom stereocenters. The number of carbonyl (C=O) groups is 1. The predicted molar refractivity (Wildman–Crippen MR) is 67.2 cm³/mol. The molecule has 0 heterocycles. The summed E-state index contributed by atoms with van der Waals surface area (Å²) < 4.78 is 0. The third kappa shape index (κ3) is 1.74. The molecule has 0 N–H and O–H groups in total. The maximum atomic E-state index is 11.9. The lowest BCUT2D eigenvalue weighted by Crippen LogP contribution is -2.02. The summed E-state index contributed by atoms with van der Waals surface area (Å²) in [7, 11) is 0. The van der Waals surface area contributed by atoms with Crippen LogP contribution in [0.15, 0.2) is 11.1 Å². The summed E-state index contributed by atoms with van der Waals surface area (Å²) in [6.07, 6.45) is 5.67. The van der Waals surface area contributed by atoms with E-state index in [4.69, 9.17) is 0 Å². The van der Waals surface area contributed by atoms with Crippen molar-refractivity contribution in [1.29, 1.82) is 0 Å². The van der Waals surface area contributed by atoms with E-state index in [0.717, 1.165) is 18.8 Å². The highest BCUT2D eigenvalue weighted by molar-refractivity contribution is 5.99. The minimum absolute atomic E-state index is 0.381. The quantitative estimate of drug-likeness (QED) is 0.696. The van der Waals surface area contributed by atoms with Crippen molar-refractivity contribution < 1.29 is 4.79 Å². The van der Waals surface area contributed by atoms with Gasteiger partial charge in [0.25, 0.3) is 0 Å². The van der Waals surface area contributed by atoms with E-state index in [9.17, 15) is 4.79 Å². The maximum absolute atomic E-state index is 11.9. The molecule has 2 rings (SSSR count). The molecule has 0 amide bonds. The molecule has 0 unspecified atom stereocenters. The van der Waals surface area contributed by atoms with E-state index in [0.29, 0.717) is 17.1 Å². The molecule has 1 nitrogen and oxygen atoms in total. The first-order chi connectivity index (χ1) is 7.50. The van der Waals surface area contributed by atoms with Crippen LogP contribution in [-0.4, -0.2) is 5.78 Å². The Labute approximate surface area is 99.3 Å². The Morgan fingerprint density at radius 3 is 2.50 bits per heavy atom. The second-order valence-electron chi connectivity index (χ2n) is 6.16. The van der Waals surface area contributed by atoms with Gasteiger partial charge in [0.05, 0.1) is 0 Å². The van der Waals surface area contributed by atoms with Gasteiger partial charge >= 0.3 is 0 Å². The van der Waals surface area contributed by atoms with Gasteiger partial charge in [-0.15, -0.1) is 0 Å². The van der Waals surface area contributed by atoms with Crippen molar-refractivity contribution in [3.05, 3.63) is 11.1 Å². The molecule has 0 aromatic heterocycles. The van der Waals surface area contributed by atoms with Crippen molar-refractivity contribution in [2.45, 2.75) is 59.8 Å². The summed E-state index contributed by atoms with van der Waals surface area (Å²) >= 11 is 0. The molecule has 16 heavy (non-hydrogen) atoms. The third-order valence-electron chi connectivity index (χ3n) is 4.72. The largest absolute Gasteiger partial charge is 0.295 e. The van der Waals surface area contributed by atoms with Crippen LogP contribution in [0.3, 0.4) is 0 Å². The smallest absolute Gasteiger partial charge is 0.159 e. The van der Waals surface area contributed by atoms with Crippen LogP contribution in [0.4, 0.5) is 0 Å². The van der Waals surface area contributed by atoms with Crippen LogP contribution in [0.2, 0.25) is 0 Å². The Bertz CT molecular complexity index is 335. The highest BCUT2D eigenvalue weighted by Gasteiger charge is 2.60. The Hall–Kier alpha value is -0.590. The van der Waals surface area contributed by atoms with Crippen molar-refractivity contribution in [3.63, 3.8) is 0 Å². The summed E-state index contributed by atoms with van der Waals surface area (Å²) in [5.74, 6) is 1.78. The number of hydrogen-bond donors (Lipinski definition) is 0. The van der Waals surface area contributed by atoms with Crippen molar-refractivity contribution in [1.82, 2.24) is 0 Å². The summed E-state index contributed by atoms with van der Waals surface area (Å²) in [6.45, 7) is 9.08. The predicted octanol–water partition coefficient (Wildman–Crippen LogP) is 4.13. The highest BCUT2D eigenvalue weighted by atomic mass is 16.1. The normalized spacial score (nSPS) is 32.4. The van der Waals surface area contributed by atoms with E-state index >= 15 is 0 Å².